The first kappa shape index (κ1) is 21.8. The zero-order valence-corrected chi connectivity index (χ0v) is 19.3. The molecule has 0 radical (unpaired) electrons. The summed E-state index contributed by atoms with van der Waals surface area (Å²) in [4.78, 5) is 19.1. The van der Waals surface area contributed by atoms with Crippen LogP contribution in [0.5, 0.6) is 0 Å². The maximum atomic E-state index is 13.0. The van der Waals surface area contributed by atoms with E-state index in [0.717, 1.165) is 56.2 Å². The number of benzene rings is 1. The Morgan fingerprint density at radius 1 is 1.00 bits per heavy atom. The molecular weight excluding hydrogens is 402 g/mol. The second-order valence-corrected chi connectivity index (χ2v) is 9.30. The summed E-state index contributed by atoms with van der Waals surface area (Å²) in [5, 5.41) is 2.10. The van der Waals surface area contributed by atoms with Crippen LogP contribution in [0.1, 0.15) is 32.2 Å². The Balaban J connectivity index is 1.28. The number of ketones is 1. The Bertz CT molecular complexity index is 1010. The normalized spacial score (nSPS) is 15.7. The van der Waals surface area contributed by atoms with E-state index in [-0.39, 0.29) is 5.78 Å². The molecule has 0 atom stereocenters. The smallest absolute Gasteiger partial charge is 0.178 e. The highest BCUT2D eigenvalue weighted by atomic mass is 32.1. The van der Waals surface area contributed by atoms with Crippen LogP contribution in [0, 0.1) is 13.8 Å². The molecule has 0 spiro atoms. The number of hydrogen-bond donors (Lipinski definition) is 0. The van der Waals surface area contributed by atoms with E-state index in [1.54, 1.807) is 11.3 Å². The van der Waals surface area contributed by atoms with Crippen LogP contribution in [0.15, 0.2) is 60.0 Å². The van der Waals surface area contributed by atoms with E-state index in [2.05, 4.69) is 88.2 Å². The Labute approximate surface area is 189 Å². The Kier molecular flexibility index (Phi) is 7.17. The van der Waals surface area contributed by atoms with Crippen molar-refractivity contribution in [1.82, 2.24) is 14.4 Å². The minimum absolute atomic E-state index is 0.239. The van der Waals surface area contributed by atoms with Crippen molar-refractivity contribution >= 4 is 23.2 Å². The molecule has 1 saturated heterocycles. The van der Waals surface area contributed by atoms with Crippen LogP contribution in [0.3, 0.4) is 0 Å². The number of piperazine rings is 1. The fourth-order valence-corrected chi connectivity index (χ4v) is 4.90. The molecular formula is C26H31N3OS. The minimum atomic E-state index is 0.239. The van der Waals surface area contributed by atoms with Gasteiger partial charge in [0.15, 0.2) is 5.78 Å². The number of Topliss-reactive ketones (excluding diaryl/α,β-unsaturated/α-hetero) is 1. The van der Waals surface area contributed by atoms with Crippen molar-refractivity contribution in [2.24, 2.45) is 0 Å². The van der Waals surface area contributed by atoms with Gasteiger partial charge in [0, 0.05) is 54.6 Å². The van der Waals surface area contributed by atoms with Crippen LogP contribution in [0.2, 0.25) is 0 Å². The van der Waals surface area contributed by atoms with Gasteiger partial charge in [-0.3, -0.25) is 14.6 Å². The van der Waals surface area contributed by atoms with Gasteiger partial charge in [0.1, 0.15) is 0 Å². The van der Waals surface area contributed by atoms with E-state index >= 15 is 0 Å². The molecule has 1 aliphatic rings. The number of hydrogen-bond acceptors (Lipinski definition) is 4. The number of aromatic nitrogens is 1. The predicted molar refractivity (Wildman–Crippen MR) is 130 cm³/mol. The maximum absolute atomic E-state index is 13.0. The lowest BCUT2D eigenvalue weighted by Gasteiger charge is -2.33. The van der Waals surface area contributed by atoms with Gasteiger partial charge in [0.2, 0.25) is 0 Å². The topological polar surface area (TPSA) is 28.5 Å². The molecule has 0 unspecified atom stereocenters. The first-order valence-electron chi connectivity index (χ1n) is 11.0. The lowest BCUT2D eigenvalue weighted by atomic mass is 10.1. The molecule has 0 saturated carbocycles. The second kappa shape index (κ2) is 10.2. The first-order valence-corrected chi connectivity index (χ1v) is 11.9. The maximum Gasteiger partial charge on any atom is 0.178 e. The highest BCUT2D eigenvalue weighted by molar-refractivity contribution is 7.09. The summed E-state index contributed by atoms with van der Waals surface area (Å²) in [5.74, 6) is 0.239. The van der Waals surface area contributed by atoms with Crippen LogP contribution in [0.25, 0.3) is 6.08 Å². The third-order valence-electron chi connectivity index (χ3n) is 6.07. The van der Waals surface area contributed by atoms with Gasteiger partial charge in [0.25, 0.3) is 0 Å². The van der Waals surface area contributed by atoms with E-state index < -0.39 is 0 Å². The van der Waals surface area contributed by atoms with Crippen LogP contribution in [0.4, 0.5) is 0 Å². The lowest BCUT2D eigenvalue weighted by molar-refractivity contribution is 0.0864. The van der Waals surface area contributed by atoms with Gasteiger partial charge in [-0.2, -0.15) is 0 Å². The third kappa shape index (κ3) is 5.62. The van der Waals surface area contributed by atoms with Crippen molar-refractivity contribution in [3.63, 3.8) is 0 Å². The summed E-state index contributed by atoms with van der Waals surface area (Å²) < 4.78 is 2.26. The molecule has 4 nitrogen and oxygen atoms in total. The van der Waals surface area contributed by atoms with Gasteiger partial charge >= 0.3 is 0 Å². The van der Waals surface area contributed by atoms with Crippen LogP contribution >= 0.6 is 11.3 Å². The largest absolute Gasteiger partial charge is 0.343 e. The van der Waals surface area contributed by atoms with Gasteiger partial charge in [-0.15, -0.1) is 11.3 Å². The molecule has 1 fully saturated rings. The van der Waals surface area contributed by atoms with Crippen molar-refractivity contribution < 1.29 is 4.79 Å². The van der Waals surface area contributed by atoms with E-state index in [4.69, 9.17) is 0 Å². The Morgan fingerprint density at radius 2 is 1.74 bits per heavy atom. The number of aryl methyl sites for hydroxylation is 1. The summed E-state index contributed by atoms with van der Waals surface area (Å²) in [6.07, 6.45) is 4.42. The van der Waals surface area contributed by atoms with Crippen LogP contribution < -0.4 is 0 Å². The van der Waals surface area contributed by atoms with Crippen molar-refractivity contribution in [2.45, 2.75) is 20.4 Å². The predicted octanol–water partition coefficient (Wildman–Crippen LogP) is 4.73. The molecule has 31 heavy (non-hydrogen) atoms. The second-order valence-electron chi connectivity index (χ2n) is 8.26. The molecule has 0 amide bonds. The molecule has 0 bridgehead atoms. The highest BCUT2D eigenvalue weighted by Gasteiger charge is 2.21. The van der Waals surface area contributed by atoms with Crippen molar-refractivity contribution in [1.29, 1.82) is 0 Å². The summed E-state index contributed by atoms with van der Waals surface area (Å²) >= 11 is 1.76. The quantitative estimate of drug-likeness (QED) is 0.481. The van der Waals surface area contributed by atoms with Crippen LogP contribution in [-0.2, 0) is 6.54 Å². The lowest BCUT2D eigenvalue weighted by Crippen LogP contribution is -2.47. The molecule has 1 aromatic carbocycles. The van der Waals surface area contributed by atoms with E-state index in [1.807, 2.05) is 6.07 Å². The van der Waals surface area contributed by atoms with Gasteiger partial charge in [-0.25, -0.2) is 0 Å². The van der Waals surface area contributed by atoms with Crippen LogP contribution in [-0.4, -0.2) is 59.4 Å². The van der Waals surface area contributed by atoms with Crippen molar-refractivity contribution in [2.75, 3.05) is 39.3 Å². The fourth-order valence-electron chi connectivity index (χ4n) is 4.21. The molecule has 0 N–H and O–H groups in total. The molecule has 4 rings (SSSR count). The van der Waals surface area contributed by atoms with Crippen molar-refractivity contribution in [3.05, 3.63) is 87.4 Å². The van der Waals surface area contributed by atoms with Gasteiger partial charge < -0.3 is 4.57 Å². The van der Waals surface area contributed by atoms with Gasteiger partial charge in [-0.1, -0.05) is 48.6 Å². The fraction of sp³-hybridized carbons (Fsp3) is 0.346. The standard InChI is InChI=1S/C26H31N3OS/c1-21-18-25(22(2)29(21)19-24-11-7-17-31-24)26(30)20-28-15-13-27(14-16-28)12-6-10-23-8-4-3-5-9-23/h3-11,17-18H,12-16,19-20H2,1-2H3/b10-6+. The third-order valence-corrected chi connectivity index (χ3v) is 6.93. The molecule has 2 aromatic heterocycles. The molecule has 1 aliphatic heterocycles. The Morgan fingerprint density at radius 3 is 2.45 bits per heavy atom. The number of carbonyl (C=O) groups is 1. The van der Waals surface area contributed by atoms with Crippen molar-refractivity contribution in [3.8, 4) is 0 Å². The van der Waals surface area contributed by atoms with E-state index in [1.165, 1.54) is 10.4 Å². The summed E-state index contributed by atoms with van der Waals surface area (Å²) in [7, 11) is 0. The molecule has 162 valence electrons. The number of rotatable bonds is 8. The monoisotopic (exact) mass is 433 g/mol. The first-order chi connectivity index (χ1) is 15.1. The summed E-state index contributed by atoms with van der Waals surface area (Å²) in [6.45, 7) is 10.4. The van der Waals surface area contributed by atoms with E-state index in [0.29, 0.717) is 6.54 Å². The zero-order valence-electron chi connectivity index (χ0n) is 18.5. The highest BCUT2D eigenvalue weighted by Crippen LogP contribution is 2.20. The average molecular weight is 434 g/mol. The number of nitrogens with zero attached hydrogens (tertiary/aromatic N) is 3. The molecule has 0 aliphatic carbocycles. The molecule has 3 heterocycles. The van der Waals surface area contributed by atoms with Gasteiger partial charge in [0.05, 0.1) is 13.1 Å². The number of thiophene rings is 1. The molecule has 5 heteroatoms. The van der Waals surface area contributed by atoms with E-state index in [9.17, 15) is 4.79 Å². The summed E-state index contributed by atoms with van der Waals surface area (Å²) in [5.41, 5.74) is 4.36. The zero-order chi connectivity index (χ0) is 21.6. The number of carbonyl (C=O) groups excluding carboxylic acids is 1. The minimum Gasteiger partial charge on any atom is -0.343 e. The Hall–Kier alpha value is -2.47. The summed E-state index contributed by atoms with van der Waals surface area (Å²) in [6, 6.07) is 16.7. The molecule has 3 aromatic rings. The average Bonchev–Trinajstić information content (AvgIpc) is 3.39. The SMILES string of the molecule is Cc1cc(C(=O)CN2CCN(C/C=C/c3ccccc3)CC2)c(C)n1Cc1cccs1. The van der Waals surface area contributed by atoms with Gasteiger partial charge in [-0.05, 0) is 36.9 Å².